The molecular weight excluding hydrogens is 223 g/mol. The zero-order valence-electron chi connectivity index (χ0n) is 4.13. The van der Waals surface area contributed by atoms with Crippen molar-refractivity contribution in [2.75, 3.05) is 6.54 Å². The first-order valence-corrected chi connectivity index (χ1v) is 2.88. The third-order valence-corrected chi connectivity index (χ3v) is 1.07. The van der Waals surface area contributed by atoms with E-state index in [1.807, 2.05) is 0 Å². The highest BCUT2D eigenvalue weighted by molar-refractivity contribution is 14.1. The van der Waals surface area contributed by atoms with Gasteiger partial charge in [-0.1, -0.05) is 0 Å². The number of hydrogen-bond donors (Lipinski definition) is 2. The van der Waals surface area contributed by atoms with E-state index in [9.17, 15) is 4.79 Å². The monoisotopic (exact) mass is 230 g/mol. The molecule has 0 fully saturated rings. The first kappa shape index (κ1) is 8.12. The van der Waals surface area contributed by atoms with Gasteiger partial charge in [0, 0.05) is 6.54 Å². The minimum absolute atomic E-state index is 0.127. The van der Waals surface area contributed by atoms with E-state index in [1.54, 1.807) is 0 Å². The molecule has 4 nitrogen and oxygen atoms in total. The van der Waals surface area contributed by atoms with Crippen LogP contribution in [0, 0.1) is 0 Å². The number of nitrogens with two attached hydrogens (primary N) is 2. The lowest BCUT2D eigenvalue weighted by Gasteiger charge is -2.01. The van der Waals surface area contributed by atoms with Crippen LogP contribution in [0.4, 0.5) is 0 Å². The molecule has 0 radical (unpaired) electrons. The summed E-state index contributed by atoms with van der Waals surface area (Å²) >= 11 is 1.47. The predicted octanol–water partition coefficient (Wildman–Crippen LogP) is -0.834. The highest BCUT2D eigenvalue weighted by atomic mass is 127. The summed E-state index contributed by atoms with van der Waals surface area (Å²) in [5.41, 5.74) is 10.1. The Morgan fingerprint density at radius 3 is 2.50 bits per heavy atom. The number of carbonyl (C=O) groups excluding carboxylic acids is 1. The van der Waals surface area contributed by atoms with Gasteiger partial charge < -0.3 is 14.5 Å². The molecule has 0 aliphatic carbocycles. The molecule has 0 heterocycles. The van der Waals surface area contributed by atoms with Gasteiger partial charge in [-0.15, -0.1) is 0 Å². The van der Waals surface area contributed by atoms with Gasteiger partial charge in [-0.2, -0.15) is 0 Å². The molecule has 0 rings (SSSR count). The first-order valence-electron chi connectivity index (χ1n) is 2.00. The second kappa shape index (κ2) is 4.04. The minimum atomic E-state index is -0.674. The summed E-state index contributed by atoms with van der Waals surface area (Å²) in [7, 11) is 0. The summed E-state index contributed by atoms with van der Waals surface area (Å²) in [6.07, 6.45) is 0. The highest BCUT2D eigenvalue weighted by Gasteiger charge is 2.10. The summed E-state index contributed by atoms with van der Waals surface area (Å²) in [6.45, 7) is 0.127. The van der Waals surface area contributed by atoms with Crippen molar-refractivity contribution < 1.29 is 7.86 Å². The van der Waals surface area contributed by atoms with E-state index in [4.69, 9.17) is 11.5 Å². The van der Waals surface area contributed by atoms with E-state index in [1.165, 1.54) is 23.0 Å². The maximum atomic E-state index is 10.3. The normalized spacial score (nSPS) is 12.9. The summed E-state index contributed by atoms with van der Waals surface area (Å²) in [5, 5.41) is 0. The van der Waals surface area contributed by atoms with E-state index in [0.717, 1.165) is 0 Å². The molecule has 1 atom stereocenters. The van der Waals surface area contributed by atoms with Crippen LogP contribution in [0.15, 0.2) is 0 Å². The van der Waals surface area contributed by atoms with E-state index in [-0.39, 0.29) is 6.54 Å². The largest absolute Gasteiger partial charge is 0.393 e. The van der Waals surface area contributed by atoms with E-state index in [2.05, 4.69) is 3.07 Å². The van der Waals surface area contributed by atoms with Crippen molar-refractivity contribution in [1.82, 2.24) is 0 Å². The van der Waals surface area contributed by atoms with Gasteiger partial charge in [-0.25, -0.2) is 4.79 Å². The van der Waals surface area contributed by atoms with Crippen LogP contribution in [0.2, 0.25) is 0 Å². The highest BCUT2D eigenvalue weighted by Crippen LogP contribution is 1.88. The fourth-order valence-corrected chi connectivity index (χ4v) is 0.480. The van der Waals surface area contributed by atoms with E-state index < -0.39 is 12.0 Å². The van der Waals surface area contributed by atoms with E-state index in [0.29, 0.717) is 0 Å². The first-order chi connectivity index (χ1) is 3.72. The lowest BCUT2D eigenvalue weighted by molar-refractivity contribution is -0.132. The Bertz CT molecular complexity index is 87.4. The average Bonchev–Trinajstić information content (AvgIpc) is 1.84. The Kier molecular flexibility index (Phi) is 4.11. The van der Waals surface area contributed by atoms with Crippen LogP contribution < -0.4 is 11.5 Å². The standard InChI is InChI=1S/C3H7IN2O2/c4-8-3(7)2(6)1-5/h2H,1,5-6H2. The van der Waals surface area contributed by atoms with Gasteiger partial charge >= 0.3 is 5.97 Å². The van der Waals surface area contributed by atoms with Crippen LogP contribution >= 0.6 is 23.0 Å². The molecule has 0 aromatic carbocycles. The molecule has 0 spiro atoms. The molecule has 0 saturated carbocycles. The Balaban J connectivity index is 3.46. The van der Waals surface area contributed by atoms with Gasteiger partial charge in [0.05, 0.1) is 0 Å². The Labute approximate surface area is 61.2 Å². The van der Waals surface area contributed by atoms with Gasteiger partial charge in [0.1, 0.15) is 6.04 Å². The third-order valence-electron chi connectivity index (χ3n) is 0.633. The molecule has 0 aliphatic heterocycles. The number of rotatable bonds is 2. The van der Waals surface area contributed by atoms with Crippen molar-refractivity contribution >= 4 is 29.0 Å². The molecule has 0 bridgehead atoms. The van der Waals surface area contributed by atoms with Crippen molar-refractivity contribution in [2.24, 2.45) is 11.5 Å². The minimum Gasteiger partial charge on any atom is -0.393 e. The van der Waals surface area contributed by atoms with Gasteiger partial charge in [-0.3, -0.25) is 0 Å². The molecule has 4 N–H and O–H groups in total. The number of hydrogen-bond acceptors (Lipinski definition) is 4. The van der Waals surface area contributed by atoms with Crippen LogP contribution in [0.5, 0.6) is 0 Å². The Morgan fingerprint density at radius 1 is 1.88 bits per heavy atom. The third kappa shape index (κ3) is 2.43. The summed E-state index contributed by atoms with van der Waals surface area (Å²) in [4.78, 5) is 10.3. The van der Waals surface area contributed by atoms with Crippen LogP contribution in [-0.2, 0) is 7.86 Å². The second-order valence-corrected chi connectivity index (χ2v) is 1.68. The van der Waals surface area contributed by atoms with Crippen molar-refractivity contribution in [3.05, 3.63) is 0 Å². The van der Waals surface area contributed by atoms with Crippen molar-refractivity contribution in [1.29, 1.82) is 0 Å². The number of carbonyl (C=O) groups is 1. The topological polar surface area (TPSA) is 78.3 Å². The summed E-state index contributed by atoms with van der Waals surface area (Å²) < 4.78 is 4.23. The van der Waals surface area contributed by atoms with Gasteiger partial charge in [0.2, 0.25) is 0 Å². The fourth-order valence-electron chi connectivity index (χ4n) is 0.153. The SMILES string of the molecule is NCC(N)C(=O)OI. The molecule has 0 amide bonds. The van der Waals surface area contributed by atoms with Gasteiger partial charge in [-0.05, 0) is 0 Å². The quantitative estimate of drug-likeness (QED) is 0.606. The van der Waals surface area contributed by atoms with Gasteiger partial charge in [0.15, 0.2) is 23.0 Å². The lowest BCUT2D eigenvalue weighted by atomic mass is 10.3. The zero-order valence-corrected chi connectivity index (χ0v) is 6.29. The summed E-state index contributed by atoms with van der Waals surface area (Å²) in [6, 6.07) is -0.674. The molecule has 1 unspecified atom stereocenters. The number of halogens is 1. The zero-order chi connectivity index (χ0) is 6.57. The molecule has 0 saturated heterocycles. The maximum absolute atomic E-state index is 10.3. The van der Waals surface area contributed by atoms with Crippen LogP contribution in [0.1, 0.15) is 0 Å². The van der Waals surface area contributed by atoms with Gasteiger partial charge in [0.25, 0.3) is 0 Å². The fraction of sp³-hybridized carbons (Fsp3) is 0.667. The molecule has 0 aliphatic rings. The van der Waals surface area contributed by atoms with E-state index >= 15 is 0 Å². The predicted molar refractivity (Wildman–Crippen MR) is 37.1 cm³/mol. The lowest BCUT2D eigenvalue weighted by Crippen LogP contribution is -2.37. The molecule has 8 heavy (non-hydrogen) atoms. The smallest absolute Gasteiger partial charge is 0.333 e. The van der Waals surface area contributed by atoms with Crippen molar-refractivity contribution in [2.45, 2.75) is 6.04 Å². The maximum Gasteiger partial charge on any atom is 0.333 e. The van der Waals surface area contributed by atoms with Crippen molar-refractivity contribution in [3.8, 4) is 0 Å². The van der Waals surface area contributed by atoms with Crippen LogP contribution in [-0.4, -0.2) is 18.6 Å². The second-order valence-electron chi connectivity index (χ2n) is 1.24. The molecule has 0 aromatic heterocycles. The summed E-state index contributed by atoms with van der Waals surface area (Å²) in [5.74, 6) is -0.479. The Hall–Kier alpha value is 0.120. The van der Waals surface area contributed by atoms with Crippen LogP contribution in [0.25, 0.3) is 0 Å². The molecule has 5 heteroatoms. The average molecular weight is 230 g/mol. The molecule has 48 valence electrons. The Morgan fingerprint density at radius 2 is 2.38 bits per heavy atom. The van der Waals surface area contributed by atoms with Crippen LogP contribution in [0.3, 0.4) is 0 Å². The molecular formula is C3H7IN2O2. The van der Waals surface area contributed by atoms with Crippen molar-refractivity contribution in [3.63, 3.8) is 0 Å². The molecule has 0 aromatic rings.